The fourth-order valence-electron chi connectivity index (χ4n) is 1.35. The van der Waals surface area contributed by atoms with Crippen LogP contribution in [0.4, 0.5) is 0 Å². The van der Waals surface area contributed by atoms with Gasteiger partial charge in [0.25, 0.3) is 0 Å². The fourth-order valence-corrected chi connectivity index (χ4v) is 2.19. The van der Waals surface area contributed by atoms with Gasteiger partial charge < -0.3 is 24.8 Å². The van der Waals surface area contributed by atoms with E-state index in [-0.39, 0.29) is 6.10 Å². The Bertz CT molecular complexity index is 333. The number of rotatable bonds is 9. The highest BCUT2D eigenvalue weighted by atomic mass is 32.1. The average molecular weight is 273 g/mol. The van der Waals surface area contributed by atoms with Crippen LogP contribution in [-0.4, -0.2) is 36.6 Å². The Morgan fingerprint density at radius 2 is 2.17 bits per heavy atom. The van der Waals surface area contributed by atoms with Gasteiger partial charge in [-0.1, -0.05) is 0 Å². The fraction of sp³-hybridized carbons (Fsp3) is 0.636. The predicted molar refractivity (Wildman–Crippen MR) is 72.6 cm³/mol. The first kappa shape index (κ1) is 15.5. The maximum absolute atomic E-state index is 8.64. The van der Waals surface area contributed by atoms with E-state index in [2.05, 4.69) is 5.32 Å². The topological polar surface area (TPSA) is 71.0 Å². The second-order valence-corrected chi connectivity index (χ2v) is 5.25. The third kappa shape index (κ3) is 6.98. The van der Waals surface area contributed by atoms with Crippen molar-refractivity contribution in [3.05, 3.63) is 17.0 Å². The summed E-state index contributed by atoms with van der Waals surface area (Å²) in [5, 5.41) is 21.1. The molecule has 0 aliphatic carbocycles. The molecule has 0 aromatic carbocycles. The van der Waals surface area contributed by atoms with Gasteiger partial charge in [0.2, 0.25) is 0 Å². The molecule has 0 spiro atoms. The standard InChI is InChI=1S/C11H20BNO4S/c1-9(2)16-7-3-6-13-8-10-4-5-11(18-10)17-12(14)15/h4-5,9,13-15H,3,6-8H2,1-2H3. The molecule has 18 heavy (non-hydrogen) atoms. The first-order valence-corrected chi connectivity index (χ1v) is 6.83. The molecule has 0 saturated heterocycles. The Morgan fingerprint density at radius 3 is 2.83 bits per heavy atom. The number of hydrogen-bond donors (Lipinski definition) is 3. The van der Waals surface area contributed by atoms with Crippen LogP contribution in [0.3, 0.4) is 0 Å². The van der Waals surface area contributed by atoms with Crippen LogP contribution in [0.25, 0.3) is 0 Å². The molecule has 0 atom stereocenters. The van der Waals surface area contributed by atoms with Gasteiger partial charge in [-0.05, 0) is 38.9 Å². The van der Waals surface area contributed by atoms with Gasteiger partial charge in [0.15, 0.2) is 5.06 Å². The molecule has 0 radical (unpaired) electrons. The Kier molecular flexibility index (Phi) is 7.30. The van der Waals surface area contributed by atoms with E-state index < -0.39 is 7.32 Å². The Labute approximate surface area is 112 Å². The van der Waals surface area contributed by atoms with Crippen molar-refractivity contribution in [1.29, 1.82) is 0 Å². The Hall–Kier alpha value is -0.595. The SMILES string of the molecule is CC(C)OCCCNCc1ccc(OB(O)O)s1. The van der Waals surface area contributed by atoms with Crippen molar-refractivity contribution in [2.24, 2.45) is 0 Å². The minimum absolute atomic E-state index is 0.284. The van der Waals surface area contributed by atoms with Crippen LogP contribution in [0.2, 0.25) is 0 Å². The number of nitrogens with one attached hydrogen (secondary N) is 1. The normalized spacial score (nSPS) is 10.9. The summed E-state index contributed by atoms with van der Waals surface area (Å²) in [7, 11) is -1.75. The van der Waals surface area contributed by atoms with Crippen molar-refractivity contribution < 1.29 is 19.4 Å². The first-order valence-electron chi connectivity index (χ1n) is 6.01. The molecule has 3 N–H and O–H groups in total. The van der Waals surface area contributed by atoms with Gasteiger partial charge in [0.05, 0.1) is 6.10 Å². The minimum Gasteiger partial charge on any atom is -0.504 e. The van der Waals surface area contributed by atoms with E-state index in [4.69, 9.17) is 19.4 Å². The van der Waals surface area contributed by atoms with Crippen LogP contribution in [0.5, 0.6) is 5.06 Å². The first-order chi connectivity index (χ1) is 8.58. The maximum atomic E-state index is 8.64. The van der Waals surface area contributed by atoms with Crippen LogP contribution in [0.15, 0.2) is 12.1 Å². The van der Waals surface area contributed by atoms with Crippen LogP contribution in [0.1, 0.15) is 25.1 Å². The van der Waals surface area contributed by atoms with Crippen molar-refractivity contribution in [3.63, 3.8) is 0 Å². The summed E-state index contributed by atoms with van der Waals surface area (Å²) in [5.41, 5.74) is 0. The third-order valence-corrected chi connectivity index (χ3v) is 3.08. The van der Waals surface area contributed by atoms with Crippen LogP contribution in [-0.2, 0) is 11.3 Å². The molecule has 0 aliphatic heterocycles. The van der Waals surface area contributed by atoms with E-state index in [1.165, 1.54) is 11.3 Å². The quantitative estimate of drug-likeness (QED) is 0.462. The molecule has 7 heteroatoms. The van der Waals surface area contributed by atoms with Gasteiger partial charge in [-0.2, -0.15) is 0 Å². The molecule has 0 unspecified atom stereocenters. The summed E-state index contributed by atoms with van der Waals surface area (Å²) in [5.74, 6) is 0. The summed E-state index contributed by atoms with van der Waals surface area (Å²) in [6, 6.07) is 3.63. The van der Waals surface area contributed by atoms with Crippen molar-refractivity contribution in [2.75, 3.05) is 13.2 Å². The smallest absolute Gasteiger partial charge is 0.504 e. The highest BCUT2D eigenvalue weighted by molar-refractivity contribution is 7.14. The van der Waals surface area contributed by atoms with Gasteiger partial charge in [0.1, 0.15) is 0 Å². The second-order valence-electron chi connectivity index (χ2n) is 4.11. The summed E-state index contributed by atoms with van der Waals surface area (Å²) in [6.07, 6.45) is 1.26. The van der Waals surface area contributed by atoms with Gasteiger partial charge in [-0.25, -0.2) is 0 Å². The van der Waals surface area contributed by atoms with Gasteiger partial charge in [0, 0.05) is 18.0 Å². The van der Waals surface area contributed by atoms with Crippen LogP contribution < -0.4 is 9.97 Å². The third-order valence-electron chi connectivity index (χ3n) is 2.11. The van der Waals surface area contributed by atoms with E-state index in [0.29, 0.717) is 5.06 Å². The van der Waals surface area contributed by atoms with E-state index in [0.717, 1.165) is 31.0 Å². The number of thiophene rings is 1. The van der Waals surface area contributed by atoms with Crippen molar-refractivity contribution >= 4 is 18.7 Å². The van der Waals surface area contributed by atoms with E-state index in [9.17, 15) is 0 Å². The summed E-state index contributed by atoms with van der Waals surface area (Å²) in [4.78, 5) is 1.09. The monoisotopic (exact) mass is 273 g/mol. The lowest BCUT2D eigenvalue weighted by Crippen LogP contribution is -2.19. The molecule has 1 heterocycles. The molecular formula is C11H20BNO4S. The molecule has 0 aliphatic rings. The lowest BCUT2D eigenvalue weighted by atomic mass is 10.3. The zero-order valence-corrected chi connectivity index (χ0v) is 11.6. The van der Waals surface area contributed by atoms with E-state index in [1.807, 2.05) is 19.9 Å². The molecule has 1 aromatic heterocycles. The molecule has 0 saturated carbocycles. The lowest BCUT2D eigenvalue weighted by Gasteiger charge is -2.07. The molecular weight excluding hydrogens is 253 g/mol. The van der Waals surface area contributed by atoms with Gasteiger partial charge >= 0.3 is 7.32 Å². The highest BCUT2D eigenvalue weighted by Gasteiger charge is 2.12. The van der Waals surface area contributed by atoms with Crippen molar-refractivity contribution in [3.8, 4) is 5.06 Å². The molecule has 0 amide bonds. The Balaban J connectivity index is 2.10. The summed E-state index contributed by atoms with van der Waals surface area (Å²) in [6.45, 7) is 6.45. The molecule has 0 bridgehead atoms. The predicted octanol–water partition coefficient (Wildman–Crippen LogP) is 1.00. The second kappa shape index (κ2) is 8.50. The zero-order chi connectivity index (χ0) is 13.4. The number of ether oxygens (including phenoxy) is 1. The summed E-state index contributed by atoms with van der Waals surface area (Å²) >= 11 is 1.39. The highest BCUT2D eigenvalue weighted by Crippen LogP contribution is 2.24. The summed E-state index contributed by atoms with van der Waals surface area (Å²) < 4.78 is 10.2. The average Bonchev–Trinajstić information content (AvgIpc) is 2.69. The van der Waals surface area contributed by atoms with Crippen LogP contribution >= 0.6 is 11.3 Å². The molecule has 5 nitrogen and oxygen atoms in total. The number of hydrogen-bond acceptors (Lipinski definition) is 6. The zero-order valence-electron chi connectivity index (χ0n) is 10.8. The van der Waals surface area contributed by atoms with E-state index >= 15 is 0 Å². The van der Waals surface area contributed by atoms with Gasteiger partial charge in [-0.3, -0.25) is 0 Å². The lowest BCUT2D eigenvalue weighted by molar-refractivity contribution is 0.0770. The van der Waals surface area contributed by atoms with Crippen molar-refractivity contribution in [1.82, 2.24) is 5.32 Å². The molecule has 102 valence electrons. The maximum Gasteiger partial charge on any atom is 0.708 e. The van der Waals surface area contributed by atoms with E-state index in [1.54, 1.807) is 6.07 Å². The molecule has 1 aromatic rings. The molecule has 0 fully saturated rings. The van der Waals surface area contributed by atoms with Gasteiger partial charge in [-0.15, -0.1) is 11.3 Å². The molecule has 1 rings (SSSR count). The minimum atomic E-state index is -1.75. The Morgan fingerprint density at radius 1 is 1.39 bits per heavy atom. The largest absolute Gasteiger partial charge is 0.708 e. The van der Waals surface area contributed by atoms with Crippen LogP contribution in [0, 0.1) is 0 Å². The van der Waals surface area contributed by atoms with Crippen molar-refractivity contribution in [2.45, 2.75) is 32.9 Å².